The molecule has 1 saturated heterocycles. The van der Waals surface area contributed by atoms with Gasteiger partial charge in [0.2, 0.25) is 5.91 Å². The summed E-state index contributed by atoms with van der Waals surface area (Å²) < 4.78 is 5.38. The largest absolute Gasteiger partial charge is 0.459 e. The first kappa shape index (κ1) is 15.5. The van der Waals surface area contributed by atoms with Gasteiger partial charge in [-0.25, -0.2) is 4.79 Å². The van der Waals surface area contributed by atoms with E-state index in [0.717, 1.165) is 18.4 Å². The maximum Gasteiger partial charge on any atom is 0.336 e. The zero-order valence-corrected chi connectivity index (χ0v) is 12.4. The van der Waals surface area contributed by atoms with Crippen LogP contribution in [0.5, 0.6) is 0 Å². The molecule has 1 heterocycles. The van der Waals surface area contributed by atoms with Crippen molar-refractivity contribution >= 4 is 11.9 Å². The minimum Gasteiger partial charge on any atom is -0.459 e. The lowest BCUT2D eigenvalue weighted by atomic mass is 9.93. The third-order valence-electron chi connectivity index (χ3n) is 4.12. The van der Waals surface area contributed by atoms with Crippen LogP contribution in [0.1, 0.15) is 31.7 Å². The fourth-order valence-electron chi connectivity index (χ4n) is 2.87. The van der Waals surface area contributed by atoms with E-state index in [1.165, 1.54) is 0 Å². The SMILES string of the molecule is CC[C@@](C(N)=O)(C(=O)OCc1ccccc1)N1CCCC1. The van der Waals surface area contributed by atoms with Crippen LogP contribution in [0.15, 0.2) is 30.3 Å². The standard InChI is InChI=1S/C16H22N2O3/c1-2-16(14(17)19,18-10-6-7-11-18)15(20)21-12-13-8-4-3-5-9-13/h3-5,8-9H,2,6-7,10-12H2,1H3,(H2,17,19)/t16-/m1/s1. The van der Waals surface area contributed by atoms with Crippen molar-refractivity contribution in [3.63, 3.8) is 0 Å². The van der Waals surface area contributed by atoms with Gasteiger partial charge in [-0.3, -0.25) is 9.69 Å². The van der Waals surface area contributed by atoms with Crippen molar-refractivity contribution in [2.45, 2.75) is 38.3 Å². The Labute approximate surface area is 125 Å². The molecule has 0 bridgehead atoms. The molecule has 5 nitrogen and oxygen atoms in total. The van der Waals surface area contributed by atoms with E-state index in [-0.39, 0.29) is 6.61 Å². The number of nitrogens with zero attached hydrogens (tertiary/aromatic N) is 1. The van der Waals surface area contributed by atoms with Crippen molar-refractivity contribution < 1.29 is 14.3 Å². The van der Waals surface area contributed by atoms with Gasteiger partial charge in [-0.1, -0.05) is 37.3 Å². The first-order valence-electron chi connectivity index (χ1n) is 7.37. The number of carbonyl (C=O) groups excluding carboxylic acids is 2. The molecule has 114 valence electrons. The highest BCUT2D eigenvalue weighted by molar-refractivity contribution is 6.06. The molecule has 0 aromatic heterocycles. The molecular weight excluding hydrogens is 268 g/mol. The van der Waals surface area contributed by atoms with Crippen molar-refractivity contribution in [3.05, 3.63) is 35.9 Å². The van der Waals surface area contributed by atoms with Gasteiger partial charge in [0.1, 0.15) is 6.61 Å². The molecule has 21 heavy (non-hydrogen) atoms. The molecule has 1 amide bonds. The third-order valence-corrected chi connectivity index (χ3v) is 4.12. The molecule has 0 saturated carbocycles. The molecular formula is C16H22N2O3. The highest BCUT2D eigenvalue weighted by Crippen LogP contribution is 2.26. The topological polar surface area (TPSA) is 72.6 Å². The first-order valence-corrected chi connectivity index (χ1v) is 7.37. The summed E-state index contributed by atoms with van der Waals surface area (Å²) >= 11 is 0. The zero-order valence-electron chi connectivity index (χ0n) is 12.4. The van der Waals surface area contributed by atoms with Crippen LogP contribution in [0.4, 0.5) is 0 Å². The second kappa shape index (κ2) is 6.72. The molecule has 2 N–H and O–H groups in total. The lowest BCUT2D eigenvalue weighted by molar-refractivity contribution is -0.164. The van der Waals surface area contributed by atoms with Gasteiger partial charge in [0.25, 0.3) is 0 Å². The summed E-state index contributed by atoms with van der Waals surface area (Å²) in [7, 11) is 0. The van der Waals surface area contributed by atoms with E-state index in [1.807, 2.05) is 35.2 Å². The van der Waals surface area contributed by atoms with E-state index >= 15 is 0 Å². The molecule has 0 radical (unpaired) electrons. The summed E-state index contributed by atoms with van der Waals surface area (Å²) in [5.41, 5.74) is 5.11. The lowest BCUT2D eigenvalue weighted by Crippen LogP contribution is -2.62. The number of carbonyl (C=O) groups is 2. The number of likely N-dealkylation sites (tertiary alicyclic amines) is 1. The molecule has 0 aliphatic carbocycles. The fraction of sp³-hybridized carbons (Fsp3) is 0.500. The summed E-state index contributed by atoms with van der Waals surface area (Å²) in [5.74, 6) is -1.16. The summed E-state index contributed by atoms with van der Waals surface area (Å²) in [6.07, 6.45) is 2.28. The summed E-state index contributed by atoms with van der Waals surface area (Å²) in [6, 6.07) is 9.41. The predicted molar refractivity (Wildman–Crippen MR) is 79.3 cm³/mol. The van der Waals surface area contributed by atoms with Crippen LogP contribution in [0.3, 0.4) is 0 Å². The monoisotopic (exact) mass is 290 g/mol. The van der Waals surface area contributed by atoms with Gasteiger partial charge in [-0.2, -0.15) is 0 Å². The Bertz CT molecular complexity index is 498. The summed E-state index contributed by atoms with van der Waals surface area (Å²) in [6.45, 7) is 3.36. The maximum atomic E-state index is 12.5. The summed E-state index contributed by atoms with van der Waals surface area (Å²) in [4.78, 5) is 26.4. The van der Waals surface area contributed by atoms with Crippen molar-refractivity contribution in [3.8, 4) is 0 Å². The van der Waals surface area contributed by atoms with E-state index < -0.39 is 17.4 Å². The van der Waals surface area contributed by atoms with Crippen LogP contribution < -0.4 is 5.73 Å². The molecule has 1 aromatic rings. The van der Waals surface area contributed by atoms with Crippen molar-refractivity contribution in [2.24, 2.45) is 5.73 Å². The van der Waals surface area contributed by atoms with Crippen molar-refractivity contribution in [2.75, 3.05) is 13.1 Å². The lowest BCUT2D eigenvalue weighted by Gasteiger charge is -2.35. The zero-order chi connectivity index (χ0) is 15.3. The highest BCUT2D eigenvalue weighted by Gasteiger charge is 2.50. The van der Waals surface area contributed by atoms with Gasteiger partial charge in [0.05, 0.1) is 0 Å². The van der Waals surface area contributed by atoms with E-state index in [2.05, 4.69) is 0 Å². The Morgan fingerprint density at radius 2 is 1.86 bits per heavy atom. The van der Waals surface area contributed by atoms with Gasteiger partial charge in [0, 0.05) is 0 Å². The molecule has 2 rings (SSSR count). The first-order chi connectivity index (χ1) is 10.1. The number of ether oxygens (including phenoxy) is 1. The Kier molecular flexibility index (Phi) is 4.96. The number of nitrogens with two attached hydrogens (primary N) is 1. The van der Waals surface area contributed by atoms with Crippen molar-refractivity contribution in [1.29, 1.82) is 0 Å². The van der Waals surface area contributed by atoms with E-state index in [9.17, 15) is 9.59 Å². The van der Waals surface area contributed by atoms with E-state index in [4.69, 9.17) is 10.5 Å². The molecule has 1 aliphatic heterocycles. The number of benzene rings is 1. The molecule has 1 aromatic carbocycles. The van der Waals surface area contributed by atoms with E-state index in [0.29, 0.717) is 19.5 Å². The molecule has 0 spiro atoms. The molecule has 5 heteroatoms. The number of rotatable bonds is 6. The van der Waals surface area contributed by atoms with Gasteiger partial charge >= 0.3 is 5.97 Å². The maximum absolute atomic E-state index is 12.5. The minimum absolute atomic E-state index is 0.155. The molecule has 1 fully saturated rings. The summed E-state index contributed by atoms with van der Waals surface area (Å²) in [5, 5.41) is 0. The second-order valence-electron chi connectivity index (χ2n) is 5.33. The number of esters is 1. The van der Waals surface area contributed by atoms with Crippen LogP contribution in [0.25, 0.3) is 0 Å². The average Bonchev–Trinajstić information content (AvgIpc) is 3.02. The number of hydrogen-bond donors (Lipinski definition) is 1. The van der Waals surface area contributed by atoms with E-state index in [1.54, 1.807) is 6.92 Å². The van der Waals surface area contributed by atoms with Crippen LogP contribution in [-0.4, -0.2) is 35.4 Å². The van der Waals surface area contributed by atoms with Crippen LogP contribution in [-0.2, 0) is 20.9 Å². The second-order valence-corrected chi connectivity index (χ2v) is 5.33. The molecule has 1 atom stereocenters. The number of amides is 1. The Balaban J connectivity index is 2.12. The number of primary amides is 1. The van der Waals surface area contributed by atoms with Crippen LogP contribution in [0.2, 0.25) is 0 Å². The quantitative estimate of drug-likeness (QED) is 0.636. The minimum atomic E-state index is -1.33. The number of hydrogen-bond acceptors (Lipinski definition) is 4. The Morgan fingerprint density at radius 3 is 2.38 bits per heavy atom. The third kappa shape index (κ3) is 3.08. The van der Waals surface area contributed by atoms with Gasteiger partial charge in [-0.05, 0) is 37.9 Å². The molecule has 0 unspecified atom stereocenters. The average molecular weight is 290 g/mol. The van der Waals surface area contributed by atoms with Crippen LogP contribution in [0, 0.1) is 0 Å². The molecule has 1 aliphatic rings. The smallest absolute Gasteiger partial charge is 0.336 e. The Hall–Kier alpha value is -1.88. The van der Waals surface area contributed by atoms with Gasteiger partial charge < -0.3 is 10.5 Å². The van der Waals surface area contributed by atoms with Gasteiger partial charge in [0.15, 0.2) is 5.54 Å². The van der Waals surface area contributed by atoms with Gasteiger partial charge in [-0.15, -0.1) is 0 Å². The highest BCUT2D eigenvalue weighted by atomic mass is 16.5. The normalized spacial score (nSPS) is 18.1. The fourth-order valence-corrected chi connectivity index (χ4v) is 2.87. The predicted octanol–water partition coefficient (Wildman–Crippen LogP) is 1.46. The van der Waals surface area contributed by atoms with Crippen LogP contribution >= 0.6 is 0 Å². The van der Waals surface area contributed by atoms with Crippen molar-refractivity contribution in [1.82, 2.24) is 4.90 Å². The Morgan fingerprint density at radius 1 is 1.24 bits per heavy atom.